The van der Waals surface area contributed by atoms with E-state index in [4.69, 9.17) is 9.36 Å². The predicted molar refractivity (Wildman–Crippen MR) is 103 cm³/mol. The molecule has 1 unspecified atom stereocenters. The highest BCUT2D eigenvalue weighted by Crippen LogP contribution is 2.26. The van der Waals surface area contributed by atoms with Gasteiger partial charge in [0.2, 0.25) is 0 Å². The van der Waals surface area contributed by atoms with Crippen molar-refractivity contribution < 1.29 is 23.7 Å². The van der Waals surface area contributed by atoms with Gasteiger partial charge in [-0.2, -0.15) is 9.74 Å². The molecule has 2 heterocycles. The summed E-state index contributed by atoms with van der Waals surface area (Å²) < 4.78 is 6.13. The fourth-order valence-electron chi connectivity index (χ4n) is 2.90. The second-order valence-corrected chi connectivity index (χ2v) is 6.30. The molecule has 1 aliphatic heterocycles. The minimum absolute atomic E-state index is 0.0733. The third-order valence-electron chi connectivity index (χ3n) is 4.28. The number of rotatable bonds is 5. The first-order valence-electron chi connectivity index (χ1n) is 8.49. The fourth-order valence-corrected chi connectivity index (χ4v) is 3.05. The van der Waals surface area contributed by atoms with Crippen molar-refractivity contribution in [3.63, 3.8) is 0 Å². The predicted octanol–water partition coefficient (Wildman–Crippen LogP) is 2.31. The average molecular weight is 410 g/mol. The molecular formula is C19H15N4O5P. The highest BCUT2D eigenvalue weighted by molar-refractivity contribution is 7.10. The molecule has 29 heavy (non-hydrogen) atoms. The second kappa shape index (κ2) is 7.73. The van der Waals surface area contributed by atoms with Crippen molar-refractivity contribution >= 4 is 27.4 Å². The van der Waals surface area contributed by atoms with E-state index in [1.807, 2.05) is 0 Å². The summed E-state index contributed by atoms with van der Waals surface area (Å²) in [5.41, 5.74) is 1.12. The summed E-state index contributed by atoms with van der Waals surface area (Å²) in [6.45, 7) is -0.0733. The molecule has 3 aromatic rings. The van der Waals surface area contributed by atoms with Gasteiger partial charge in [0.15, 0.2) is 0 Å². The summed E-state index contributed by atoms with van der Waals surface area (Å²) in [4.78, 5) is 47.6. The molecule has 146 valence electrons. The Labute approximate surface area is 167 Å². The number of nitrogens with zero attached hydrogens (tertiary/aromatic N) is 4. The second-order valence-electron chi connectivity index (χ2n) is 6.07. The van der Waals surface area contributed by atoms with Crippen LogP contribution in [0.2, 0.25) is 0 Å². The minimum Gasteiger partial charge on any atom is -0.480 e. The van der Waals surface area contributed by atoms with Gasteiger partial charge in [-0.25, -0.2) is 14.8 Å². The Morgan fingerprint density at radius 2 is 1.69 bits per heavy atom. The lowest BCUT2D eigenvalue weighted by atomic mass is 10.1. The Kier molecular flexibility index (Phi) is 4.97. The Morgan fingerprint density at radius 1 is 1.03 bits per heavy atom. The minimum atomic E-state index is -0.913. The van der Waals surface area contributed by atoms with Gasteiger partial charge in [-0.3, -0.25) is 9.59 Å². The van der Waals surface area contributed by atoms with Gasteiger partial charge >= 0.3 is 6.09 Å². The molecule has 1 atom stereocenters. The topological polar surface area (TPSA) is 94.0 Å². The number of carbonyl (C=O) groups is 3. The van der Waals surface area contributed by atoms with Crippen LogP contribution in [0.15, 0.2) is 67.3 Å². The number of fused-ring (bicyclic) bond motifs is 1. The molecule has 0 fully saturated rings. The third kappa shape index (κ3) is 3.55. The summed E-state index contributed by atoms with van der Waals surface area (Å²) >= 11 is 0. The number of hydrogen-bond donors (Lipinski definition) is 0. The smallest absolute Gasteiger partial charge is 0.454 e. The highest BCUT2D eigenvalue weighted by atomic mass is 31.0. The Hall–Kier alpha value is -3.71. The number of amides is 3. The van der Waals surface area contributed by atoms with E-state index >= 15 is 0 Å². The van der Waals surface area contributed by atoms with E-state index in [9.17, 15) is 14.4 Å². The van der Waals surface area contributed by atoms with E-state index in [1.165, 1.54) is 18.7 Å². The molecule has 0 spiro atoms. The first-order valence-corrected chi connectivity index (χ1v) is 8.97. The Morgan fingerprint density at radius 3 is 2.24 bits per heavy atom. The molecule has 2 aromatic carbocycles. The molecular weight excluding hydrogens is 395 g/mol. The van der Waals surface area contributed by atoms with Crippen LogP contribution in [0.25, 0.3) is 0 Å². The zero-order valence-corrected chi connectivity index (χ0v) is 16.1. The van der Waals surface area contributed by atoms with Crippen molar-refractivity contribution in [2.75, 3.05) is 0 Å². The monoisotopic (exact) mass is 410 g/mol. The quantitative estimate of drug-likeness (QED) is 0.473. The fraction of sp³-hybridized carbons (Fsp3) is 0.0526. The van der Waals surface area contributed by atoms with Gasteiger partial charge in [-0.1, -0.05) is 24.3 Å². The zero-order valence-electron chi connectivity index (χ0n) is 15.0. The van der Waals surface area contributed by atoms with Crippen molar-refractivity contribution in [2.24, 2.45) is 0 Å². The van der Waals surface area contributed by atoms with Crippen LogP contribution in [0.5, 0.6) is 5.75 Å². The van der Waals surface area contributed by atoms with Gasteiger partial charge in [-0.05, 0) is 29.8 Å². The van der Waals surface area contributed by atoms with Crippen molar-refractivity contribution in [1.82, 2.24) is 19.7 Å². The van der Waals surface area contributed by atoms with Crippen molar-refractivity contribution in [2.45, 2.75) is 6.54 Å². The molecule has 10 heteroatoms. The number of carbonyl (C=O) groups excluding carboxylic acids is 3. The molecule has 9 nitrogen and oxygen atoms in total. The van der Waals surface area contributed by atoms with Gasteiger partial charge in [0, 0.05) is 6.20 Å². The number of benzene rings is 2. The van der Waals surface area contributed by atoms with E-state index in [2.05, 4.69) is 14.5 Å². The van der Waals surface area contributed by atoms with Crippen LogP contribution < -0.4 is 9.36 Å². The van der Waals surface area contributed by atoms with E-state index < -0.39 is 17.9 Å². The van der Waals surface area contributed by atoms with Crippen LogP contribution in [0.1, 0.15) is 26.3 Å². The summed E-state index contributed by atoms with van der Waals surface area (Å²) in [6.07, 6.45) is 3.22. The SMILES string of the molecule is O=C(On1ccnc1)N(Cc1ccc(OP)cc1)N1C(=O)c2ccccc2C1=O. The summed E-state index contributed by atoms with van der Waals surface area (Å²) in [5, 5.41) is 1.76. The van der Waals surface area contributed by atoms with Gasteiger partial charge < -0.3 is 9.36 Å². The van der Waals surface area contributed by atoms with Gasteiger partial charge in [-0.15, -0.1) is 0 Å². The molecule has 0 saturated carbocycles. The van der Waals surface area contributed by atoms with Crippen LogP contribution in [0, 0.1) is 0 Å². The summed E-state index contributed by atoms with van der Waals surface area (Å²) in [7, 11) is 2.14. The first kappa shape index (κ1) is 18.6. The molecule has 4 rings (SSSR count). The summed E-state index contributed by atoms with van der Waals surface area (Å²) in [6, 6.07) is 13.2. The number of hydrazine groups is 1. The van der Waals surface area contributed by atoms with E-state index in [-0.39, 0.29) is 17.7 Å². The normalized spacial score (nSPS) is 12.7. The molecule has 0 N–H and O–H groups in total. The number of imidazole rings is 1. The van der Waals surface area contributed by atoms with Gasteiger partial charge in [0.25, 0.3) is 11.8 Å². The number of aromatic nitrogens is 2. The molecule has 3 amide bonds. The van der Waals surface area contributed by atoms with Crippen LogP contribution >= 0.6 is 9.47 Å². The largest absolute Gasteiger partial charge is 0.480 e. The van der Waals surface area contributed by atoms with Gasteiger partial charge in [0.05, 0.1) is 33.3 Å². The van der Waals surface area contributed by atoms with Crippen LogP contribution in [0.3, 0.4) is 0 Å². The Balaban J connectivity index is 1.67. The standard InChI is InChI=1S/C19H15N4O5P/c24-17-15-3-1-2-4-16(15)18(25)23(17)22(19(26)27-21-10-9-20-12-21)11-13-5-7-14(28-29)8-6-13/h1-10,12H,11,29H2. The molecule has 1 aromatic heterocycles. The highest BCUT2D eigenvalue weighted by Gasteiger charge is 2.42. The van der Waals surface area contributed by atoms with E-state index in [1.54, 1.807) is 48.5 Å². The lowest BCUT2D eigenvalue weighted by Gasteiger charge is -2.28. The van der Waals surface area contributed by atoms with Crippen molar-refractivity contribution in [1.29, 1.82) is 0 Å². The maximum atomic E-state index is 12.9. The van der Waals surface area contributed by atoms with Crippen molar-refractivity contribution in [3.05, 3.63) is 83.9 Å². The summed E-state index contributed by atoms with van der Waals surface area (Å²) in [5.74, 6) is -0.594. The number of hydrogen-bond acceptors (Lipinski definition) is 6. The zero-order chi connectivity index (χ0) is 20.4. The first-order chi connectivity index (χ1) is 14.1. The molecule has 0 saturated heterocycles. The maximum Gasteiger partial charge on any atom is 0.454 e. The molecule has 0 bridgehead atoms. The van der Waals surface area contributed by atoms with Crippen molar-refractivity contribution in [3.8, 4) is 5.75 Å². The number of imide groups is 1. The lowest BCUT2D eigenvalue weighted by Crippen LogP contribution is -2.51. The average Bonchev–Trinajstić information content (AvgIpc) is 3.34. The molecule has 0 aliphatic carbocycles. The maximum absolute atomic E-state index is 12.9. The van der Waals surface area contributed by atoms with E-state index in [0.717, 1.165) is 14.7 Å². The van der Waals surface area contributed by atoms with Crippen LogP contribution in [-0.4, -0.2) is 37.6 Å². The van der Waals surface area contributed by atoms with E-state index in [0.29, 0.717) is 11.3 Å². The Bertz CT molecular complexity index is 1030. The lowest BCUT2D eigenvalue weighted by molar-refractivity contribution is -0.00794. The third-order valence-corrected chi connectivity index (χ3v) is 4.55. The van der Waals surface area contributed by atoms with Gasteiger partial charge in [0.1, 0.15) is 12.1 Å². The molecule has 0 radical (unpaired) electrons. The van der Waals surface area contributed by atoms with Crippen LogP contribution in [0.4, 0.5) is 4.79 Å². The van der Waals surface area contributed by atoms with Crippen LogP contribution in [-0.2, 0) is 6.54 Å². The molecule has 1 aliphatic rings.